The van der Waals surface area contributed by atoms with Crippen molar-refractivity contribution in [1.29, 1.82) is 0 Å². The SMILES string of the molecule is C=C(N[C@@H](CCC(=O)OP)C(=O)O)[C@H](C)O. The lowest BCUT2D eigenvalue weighted by atomic mass is 10.1. The first-order valence-corrected chi connectivity index (χ1v) is 5.11. The topological polar surface area (TPSA) is 95.9 Å². The second kappa shape index (κ2) is 7.19. The standard InChI is InChI=1S/C9H16NO5P/c1-5(6(2)11)10-7(9(13)14)3-4-8(12)15-16/h6-7,10-11H,1,3-4,16H2,2H3,(H,13,14)/t6-,7-/m0/s1. The molecular formula is C9H16NO5P. The fraction of sp³-hybridized carbons (Fsp3) is 0.556. The zero-order chi connectivity index (χ0) is 12.7. The summed E-state index contributed by atoms with van der Waals surface area (Å²) in [4.78, 5) is 21.6. The van der Waals surface area contributed by atoms with E-state index >= 15 is 0 Å². The quantitative estimate of drug-likeness (QED) is 0.551. The van der Waals surface area contributed by atoms with Crippen LogP contribution in [0.15, 0.2) is 12.3 Å². The van der Waals surface area contributed by atoms with Gasteiger partial charge >= 0.3 is 11.9 Å². The van der Waals surface area contributed by atoms with E-state index in [1.807, 2.05) is 0 Å². The van der Waals surface area contributed by atoms with Crippen LogP contribution in [0.5, 0.6) is 0 Å². The lowest BCUT2D eigenvalue weighted by Crippen LogP contribution is -2.38. The number of carboxylic acids is 1. The summed E-state index contributed by atoms with van der Waals surface area (Å²) in [6.45, 7) is 4.94. The molecule has 3 atom stereocenters. The van der Waals surface area contributed by atoms with Crippen LogP contribution in [0, 0.1) is 0 Å². The van der Waals surface area contributed by atoms with E-state index in [0.717, 1.165) is 0 Å². The van der Waals surface area contributed by atoms with Crippen LogP contribution < -0.4 is 5.32 Å². The summed E-state index contributed by atoms with van der Waals surface area (Å²) in [5, 5.41) is 20.5. The molecule has 0 aliphatic heterocycles. The number of aliphatic carboxylic acids is 1. The van der Waals surface area contributed by atoms with Gasteiger partial charge < -0.3 is 20.1 Å². The molecule has 0 radical (unpaired) electrons. The summed E-state index contributed by atoms with van der Waals surface area (Å²) < 4.78 is 4.32. The molecule has 0 rings (SSSR count). The highest BCUT2D eigenvalue weighted by Crippen LogP contribution is 2.05. The minimum Gasteiger partial charge on any atom is -0.480 e. The summed E-state index contributed by atoms with van der Waals surface area (Å²) in [5.41, 5.74) is 0.201. The Bertz CT molecular complexity index is 279. The molecule has 0 bridgehead atoms. The molecule has 0 heterocycles. The van der Waals surface area contributed by atoms with Crippen molar-refractivity contribution in [3.05, 3.63) is 12.3 Å². The maximum Gasteiger partial charge on any atom is 0.326 e. The Morgan fingerprint density at radius 3 is 2.50 bits per heavy atom. The van der Waals surface area contributed by atoms with Gasteiger partial charge in [0, 0.05) is 12.1 Å². The maximum absolute atomic E-state index is 10.8. The van der Waals surface area contributed by atoms with E-state index < -0.39 is 24.1 Å². The molecule has 0 aromatic carbocycles. The number of carbonyl (C=O) groups is 2. The van der Waals surface area contributed by atoms with Gasteiger partial charge in [0.15, 0.2) is 0 Å². The molecule has 0 spiro atoms. The maximum atomic E-state index is 10.8. The predicted octanol–water partition coefficient (Wildman–Crippen LogP) is 0.0372. The fourth-order valence-corrected chi connectivity index (χ4v) is 1.04. The summed E-state index contributed by atoms with van der Waals surface area (Å²) in [6.07, 6.45) is -0.815. The number of hydrogen-bond acceptors (Lipinski definition) is 5. The number of nitrogens with one attached hydrogen (secondary N) is 1. The molecule has 0 aliphatic carbocycles. The van der Waals surface area contributed by atoms with Crippen molar-refractivity contribution >= 4 is 21.4 Å². The average Bonchev–Trinajstić information content (AvgIpc) is 2.22. The van der Waals surface area contributed by atoms with Crippen molar-refractivity contribution in [2.24, 2.45) is 0 Å². The third-order valence-electron chi connectivity index (χ3n) is 1.93. The zero-order valence-corrected chi connectivity index (χ0v) is 10.1. The molecule has 16 heavy (non-hydrogen) atoms. The van der Waals surface area contributed by atoms with Crippen molar-refractivity contribution in [3.8, 4) is 0 Å². The molecule has 0 saturated carbocycles. The number of carboxylic acid groups (broad SMARTS) is 1. The molecule has 7 heteroatoms. The van der Waals surface area contributed by atoms with Crippen LogP contribution in [0.4, 0.5) is 0 Å². The molecule has 0 saturated heterocycles. The normalized spacial score (nSPS) is 13.7. The van der Waals surface area contributed by atoms with Gasteiger partial charge in [-0.15, -0.1) is 0 Å². The minimum atomic E-state index is -1.11. The van der Waals surface area contributed by atoms with Crippen molar-refractivity contribution in [3.63, 3.8) is 0 Å². The second-order valence-electron chi connectivity index (χ2n) is 3.26. The van der Waals surface area contributed by atoms with E-state index in [0.29, 0.717) is 0 Å². The van der Waals surface area contributed by atoms with Gasteiger partial charge in [0.1, 0.15) is 6.04 Å². The van der Waals surface area contributed by atoms with Gasteiger partial charge in [0.05, 0.1) is 15.6 Å². The van der Waals surface area contributed by atoms with Gasteiger partial charge in [-0.1, -0.05) is 6.58 Å². The van der Waals surface area contributed by atoms with Crippen LogP contribution in [-0.2, 0) is 14.1 Å². The highest BCUT2D eigenvalue weighted by Gasteiger charge is 2.20. The van der Waals surface area contributed by atoms with E-state index in [9.17, 15) is 9.59 Å². The Morgan fingerprint density at radius 2 is 2.12 bits per heavy atom. The molecule has 0 fully saturated rings. The van der Waals surface area contributed by atoms with Crippen molar-refractivity contribution in [1.82, 2.24) is 5.32 Å². The molecule has 92 valence electrons. The van der Waals surface area contributed by atoms with Gasteiger partial charge in [0.25, 0.3) is 0 Å². The van der Waals surface area contributed by atoms with E-state index in [1.165, 1.54) is 6.92 Å². The number of hydrogen-bond donors (Lipinski definition) is 3. The van der Waals surface area contributed by atoms with E-state index in [2.05, 4.69) is 16.4 Å². The van der Waals surface area contributed by atoms with E-state index in [-0.39, 0.29) is 18.5 Å². The van der Waals surface area contributed by atoms with Gasteiger partial charge in [-0.3, -0.25) is 4.79 Å². The van der Waals surface area contributed by atoms with Crippen LogP contribution in [0.25, 0.3) is 0 Å². The Hall–Kier alpha value is -1.13. The first-order chi connectivity index (χ1) is 7.38. The molecule has 0 aromatic rings. The van der Waals surface area contributed by atoms with Crippen molar-refractivity contribution < 1.29 is 24.3 Å². The van der Waals surface area contributed by atoms with E-state index in [1.54, 1.807) is 9.47 Å². The minimum absolute atomic E-state index is 0.0272. The molecule has 0 amide bonds. The zero-order valence-electron chi connectivity index (χ0n) is 8.97. The highest BCUT2D eigenvalue weighted by atomic mass is 31.0. The Morgan fingerprint density at radius 1 is 1.56 bits per heavy atom. The lowest BCUT2D eigenvalue weighted by molar-refractivity contribution is -0.140. The largest absolute Gasteiger partial charge is 0.480 e. The van der Waals surface area contributed by atoms with Crippen LogP contribution in [-0.4, -0.2) is 34.3 Å². The van der Waals surface area contributed by atoms with Crippen LogP contribution in [0.1, 0.15) is 19.8 Å². The average molecular weight is 249 g/mol. The highest BCUT2D eigenvalue weighted by molar-refractivity contribution is 7.10. The molecule has 6 nitrogen and oxygen atoms in total. The van der Waals surface area contributed by atoms with Gasteiger partial charge in [-0.25, -0.2) is 4.79 Å². The van der Waals surface area contributed by atoms with Crippen molar-refractivity contribution in [2.45, 2.75) is 31.9 Å². The molecule has 1 unspecified atom stereocenters. The number of aliphatic hydroxyl groups excluding tert-OH is 1. The Kier molecular flexibility index (Phi) is 6.69. The molecule has 3 N–H and O–H groups in total. The van der Waals surface area contributed by atoms with Gasteiger partial charge in [0.2, 0.25) is 0 Å². The Balaban J connectivity index is 4.24. The number of carbonyl (C=O) groups excluding carboxylic acids is 1. The molecular weight excluding hydrogens is 233 g/mol. The molecule has 0 aliphatic rings. The summed E-state index contributed by atoms with van der Waals surface area (Å²) in [6, 6.07) is -0.966. The predicted molar refractivity (Wildman–Crippen MR) is 60.4 cm³/mol. The second-order valence-corrected chi connectivity index (χ2v) is 3.50. The number of aliphatic hydroxyl groups is 1. The van der Waals surface area contributed by atoms with E-state index in [4.69, 9.17) is 10.2 Å². The van der Waals surface area contributed by atoms with Gasteiger partial charge in [-0.05, 0) is 13.3 Å². The first-order valence-electron chi connectivity index (χ1n) is 4.64. The Labute approximate surface area is 96.0 Å². The van der Waals surface area contributed by atoms with Crippen molar-refractivity contribution in [2.75, 3.05) is 0 Å². The lowest BCUT2D eigenvalue weighted by Gasteiger charge is -2.18. The first kappa shape index (κ1) is 14.9. The third kappa shape index (κ3) is 5.68. The van der Waals surface area contributed by atoms with Crippen LogP contribution in [0.3, 0.4) is 0 Å². The molecule has 0 aromatic heterocycles. The summed E-state index contributed by atoms with van der Waals surface area (Å²) >= 11 is 0. The number of rotatable bonds is 7. The third-order valence-corrected chi connectivity index (χ3v) is 2.19. The summed E-state index contributed by atoms with van der Waals surface area (Å²) in [7, 11) is 1.80. The smallest absolute Gasteiger partial charge is 0.326 e. The van der Waals surface area contributed by atoms with Crippen LogP contribution in [0.2, 0.25) is 0 Å². The summed E-state index contributed by atoms with van der Waals surface area (Å²) in [5.74, 6) is -1.63. The fourth-order valence-electron chi connectivity index (χ4n) is 0.923. The van der Waals surface area contributed by atoms with Crippen LogP contribution >= 0.6 is 9.47 Å². The van der Waals surface area contributed by atoms with Gasteiger partial charge in [-0.2, -0.15) is 0 Å². The monoisotopic (exact) mass is 249 g/mol.